The minimum atomic E-state index is 1.12. The molecule has 4 nitrogen and oxygen atoms in total. The number of fused-ring (bicyclic) bond motifs is 12. The third-order valence-electron chi connectivity index (χ3n) is 16.0. The molecular formula is C72H46N4. The Labute approximate surface area is 438 Å². The highest BCUT2D eigenvalue weighted by Crippen LogP contribution is 2.42. The monoisotopic (exact) mass is 966 g/mol. The average Bonchev–Trinajstić information content (AvgIpc) is 4.26. The Balaban J connectivity index is 0.855. The molecular weight excluding hydrogens is 921 g/mol. The van der Waals surface area contributed by atoms with Gasteiger partial charge in [0.1, 0.15) is 0 Å². The van der Waals surface area contributed by atoms with Crippen molar-refractivity contribution in [3.8, 4) is 56.1 Å². The summed E-state index contributed by atoms with van der Waals surface area (Å²) in [7, 11) is 0. The minimum Gasteiger partial charge on any atom is -0.309 e. The van der Waals surface area contributed by atoms with Gasteiger partial charge in [0.2, 0.25) is 0 Å². The highest BCUT2D eigenvalue weighted by molar-refractivity contribution is 6.15. The van der Waals surface area contributed by atoms with Gasteiger partial charge in [-0.2, -0.15) is 0 Å². The molecule has 76 heavy (non-hydrogen) atoms. The second kappa shape index (κ2) is 16.7. The van der Waals surface area contributed by atoms with Crippen LogP contribution < -0.4 is 0 Å². The van der Waals surface area contributed by atoms with Crippen molar-refractivity contribution in [1.82, 2.24) is 18.3 Å². The SMILES string of the molecule is c1ccc(-n2c3ccccc3c3cc(-c4ccc(-n5c6ccc(-c7ccc8c(c7)c7ccccc7n8-c7ccccc7)cc6c6cc(-c7ccc8c(c7)c7ccccc7n8-c7ccccc7)ccc65)cc4)ccc32)cc1. The third-order valence-corrected chi connectivity index (χ3v) is 16.0. The van der Waals surface area contributed by atoms with E-state index in [9.17, 15) is 0 Å². The summed E-state index contributed by atoms with van der Waals surface area (Å²) in [6.45, 7) is 0. The maximum atomic E-state index is 2.45. The van der Waals surface area contributed by atoms with Crippen LogP contribution in [-0.2, 0) is 0 Å². The summed E-state index contributed by atoms with van der Waals surface area (Å²) >= 11 is 0. The molecule has 0 aliphatic carbocycles. The molecule has 0 fully saturated rings. The molecule has 0 aliphatic heterocycles. The fourth-order valence-electron chi connectivity index (χ4n) is 12.5. The molecule has 0 amide bonds. The number of hydrogen-bond acceptors (Lipinski definition) is 0. The van der Waals surface area contributed by atoms with Gasteiger partial charge in [-0.3, -0.25) is 0 Å². The number of para-hydroxylation sites is 6. The van der Waals surface area contributed by atoms with Crippen molar-refractivity contribution in [2.45, 2.75) is 0 Å². The first kappa shape index (κ1) is 42.4. The molecule has 0 saturated heterocycles. The second-order valence-corrected chi connectivity index (χ2v) is 20.1. The minimum absolute atomic E-state index is 1.12. The van der Waals surface area contributed by atoms with Gasteiger partial charge in [-0.05, 0) is 161 Å². The summed E-state index contributed by atoms with van der Waals surface area (Å²) < 4.78 is 9.60. The first-order valence-electron chi connectivity index (χ1n) is 26.2. The maximum absolute atomic E-state index is 2.45. The van der Waals surface area contributed by atoms with Crippen molar-refractivity contribution in [2.75, 3.05) is 0 Å². The molecule has 0 bridgehead atoms. The van der Waals surface area contributed by atoms with E-state index >= 15 is 0 Å². The molecule has 16 rings (SSSR count). The molecule has 0 spiro atoms. The van der Waals surface area contributed by atoms with Crippen molar-refractivity contribution in [3.63, 3.8) is 0 Å². The molecule has 0 atom stereocenters. The summed E-state index contributed by atoms with van der Waals surface area (Å²) in [4.78, 5) is 0. The lowest BCUT2D eigenvalue weighted by Gasteiger charge is -2.11. The first-order valence-corrected chi connectivity index (χ1v) is 26.2. The zero-order chi connectivity index (χ0) is 49.8. The number of benzene rings is 12. The summed E-state index contributed by atoms with van der Waals surface area (Å²) in [5.74, 6) is 0. The molecule has 4 aromatic heterocycles. The van der Waals surface area contributed by atoms with Gasteiger partial charge in [-0.25, -0.2) is 0 Å². The Kier molecular flexibility index (Phi) is 9.30. The van der Waals surface area contributed by atoms with E-state index in [4.69, 9.17) is 0 Å². The van der Waals surface area contributed by atoms with Gasteiger partial charge in [0.05, 0.1) is 44.1 Å². The van der Waals surface area contributed by atoms with Crippen molar-refractivity contribution in [1.29, 1.82) is 0 Å². The van der Waals surface area contributed by atoms with Crippen LogP contribution >= 0.6 is 0 Å². The van der Waals surface area contributed by atoms with Crippen LogP contribution in [0.5, 0.6) is 0 Å². The maximum Gasteiger partial charge on any atom is 0.0541 e. The molecule has 0 aliphatic rings. The van der Waals surface area contributed by atoms with Crippen LogP contribution in [0.2, 0.25) is 0 Å². The molecule has 0 N–H and O–H groups in total. The molecule has 4 heteroatoms. The molecule has 354 valence electrons. The first-order chi connectivity index (χ1) is 37.7. The Bertz CT molecular complexity index is 4740. The van der Waals surface area contributed by atoms with E-state index < -0.39 is 0 Å². The topological polar surface area (TPSA) is 19.7 Å². The Hall–Kier alpha value is -10.2. The molecule has 0 unspecified atom stereocenters. The van der Waals surface area contributed by atoms with Crippen LogP contribution in [0, 0.1) is 0 Å². The lowest BCUT2D eigenvalue weighted by atomic mass is 9.98. The van der Waals surface area contributed by atoms with E-state index in [0.29, 0.717) is 0 Å². The van der Waals surface area contributed by atoms with Gasteiger partial charge in [0, 0.05) is 65.8 Å². The molecule has 4 heterocycles. The third kappa shape index (κ3) is 6.44. The average molecular weight is 967 g/mol. The second-order valence-electron chi connectivity index (χ2n) is 20.1. The van der Waals surface area contributed by atoms with Crippen LogP contribution in [0.25, 0.3) is 143 Å². The number of hydrogen-bond donors (Lipinski definition) is 0. The van der Waals surface area contributed by atoms with Crippen LogP contribution in [0.15, 0.2) is 279 Å². The number of rotatable bonds is 7. The van der Waals surface area contributed by atoms with Crippen LogP contribution in [-0.4, -0.2) is 18.3 Å². The normalized spacial score (nSPS) is 11.9. The molecule has 16 aromatic rings. The van der Waals surface area contributed by atoms with Crippen LogP contribution in [0.4, 0.5) is 0 Å². The molecule has 12 aromatic carbocycles. The smallest absolute Gasteiger partial charge is 0.0541 e. The Morgan fingerprint density at radius 1 is 0.145 bits per heavy atom. The number of aromatic nitrogens is 4. The highest BCUT2D eigenvalue weighted by atomic mass is 15.0. The number of nitrogens with zero attached hydrogens (tertiary/aromatic N) is 4. The van der Waals surface area contributed by atoms with Crippen LogP contribution in [0.3, 0.4) is 0 Å². The predicted octanol–water partition coefficient (Wildman–Crippen LogP) is 19.1. The summed E-state index contributed by atoms with van der Waals surface area (Å²) in [6, 6.07) is 103. The van der Waals surface area contributed by atoms with E-state index in [0.717, 1.165) is 22.7 Å². The summed E-state index contributed by atoms with van der Waals surface area (Å²) in [5, 5.41) is 9.91. The van der Waals surface area contributed by atoms with Gasteiger partial charge in [-0.1, -0.05) is 152 Å². The lowest BCUT2D eigenvalue weighted by Crippen LogP contribution is -1.94. The Morgan fingerprint density at radius 3 is 0.658 bits per heavy atom. The molecule has 0 saturated carbocycles. The molecule has 0 radical (unpaired) electrons. The zero-order valence-corrected chi connectivity index (χ0v) is 41.3. The highest BCUT2D eigenvalue weighted by Gasteiger charge is 2.20. The van der Waals surface area contributed by atoms with Crippen LogP contribution in [0.1, 0.15) is 0 Å². The van der Waals surface area contributed by atoms with E-state index in [1.807, 2.05) is 0 Å². The van der Waals surface area contributed by atoms with Crippen molar-refractivity contribution in [2.24, 2.45) is 0 Å². The fraction of sp³-hybridized carbons (Fsp3) is 0. The van der Waals surface area contributed by atoms with Crippen molar-refractivity contribution in [3.05, 3.63) is 279 Å². The van der Waals surface area contributed by atoms with Gasteiger partial charge >= 0.3 is 0 Å². The van der Waals surface area contributed by atoms with E-state index in [-0.39, 0.29) is 0 Å². The van der Waals surface area contributed by atoms with E-state index in [1.54, 1.807) is 0 Å². The van der Waals surface area contributed by atoms with Gasteiger partial charge < -0.3 is 18.3 Å². The summed E-state index contributed by atoms with van der Waals surface area (Å²) in [5.41, 5.74) is 21.3. The Morgan fingerprint density at radius 2 is 0.355 bits per heavy atom. The largest absolute Gasteiger partial charge is 0.309 e. The lowest BCUT2D eigenvalue weighted by molar-refractivity contribution is 1.18. The summed E-state index contributed by atoms with van der Waals surface area (Å²) in [6.07, 6.45) is 0. The predicted molar refractivity (Wildman–Crippen MR) is 320 cm³/mol. The van der Waals surface area contributed by atoms with E-state index in [1.165, 1.54) is 121 Å². The zero-order valence-electron chi connectivity index (χ0n) is 41.3. The van der Waals surface area contributed by atoms with E-state index in [2.05, 4.69) is 297 Å². The van der Waals surface area contributed by atoms with Gasteiger partial charge in [0.15, 0.2) is 0 Å². The van der Waals surface area contributed by atoms with Gasteiger partial charge in [-0.15, -0.1) is 0 Å². The van der Waals surface area contributed by atoms with Crippen molar-refractivity contribution < 1.29 is 0 Å². The fourth-order valence-corrected chi connectivity index (χ4v) is 12.5. The van der Waals surface area contributed by atoms with Gasteiger partial charge in [0.25, 0.3) is 0 Å². The van der Waals surface area contributed by atoms with Crippen molar-refractivity contribution >= 4 is 87.2 Å². The quantitative estimate of drug-likeness (QED) is 0.152. The standard InChI is InChI=1S/C72H46N4/c1-4-16-53(17-5-1)73-65-25-13-10-22-57(65)60-42-48(30-37-68(60)73)47-28-35-56(36-29-47)76-71-40-33-51(49-31-38-69-61(43-49)58-23-11-14-26-66(58)74(69)54-18-6-2-7-19-54)45-63(71)64-46-52(34-41-72(64)76)50-32-39-70-62(44-50)59-24-12-15-27-67(59)75(70)55-20-8-3-9-21-55/h1-46H.